The van der Waals surface area contributed by atoms with Gasteiger partial charge < -0.3 is 4.40 Å². The number of ketones is 2. The summed E-state index contributed by atoms with van der Waals surface area (Å²) < 4.78 is 1.95. The standard InChI is InChI=1S/C19H18ClNO2/c1-13(22)14-9-10-17-19(18(23)8-4-5-11-20)15-6-2-3-7-16(15)21(17)12-14/h2-3,6-7,9-10,12H,4-5,8,11H2,1H3. The lowest BCUT2D eigenvalue weighted by atomic mass is 10.0. The van der Waals surface area contributed by atoms with Crippen molar-refractivity contribution in [3.63, 3.8) is 0 Å². The van der Waals surface area contributed by atoms with Crippen LogP contribution in [0.3, 0.4) is 0 Å². The van der Waals surface area contributed by atoms with Gasteiger partial charge in [-0.2, -0.15) is 0 Å². The maximum atomic E-state index is 12.7. The Bertz CT molecular complexity index is 895. The molecule has 0 spiro atoms. The highest BCUT2D eigenvalue weighted by molar-refractivity contribution is 6.18. The van der Waals surface area contributed by atoms with E-state index in [1.165, 1.54) is 0 Å². The number of alkyl halides is 1. The first-order chi connectivity index (χ1) is 11.1. The van der Waals surface area contributed by atoms with Crippen LogP contribution in [0.2, 0.25) is 0 Å². The normalized spacial score (nSPS) is 11.2. The maximum Gasteiger partial charge on any atom is 0.165 e. The van der Waals surface area contributed by atoms with Crippen LogP contribution in [0, 0.1) is 0 Å². The fraction of sp³-hybridized carbons (Fsp3) is 0.263. The highest BCUT2D eigenvalue weighted by Crippen LogP contribution is 2.28. The van der Waals surface area contributed by atoms with Gasteiger partial charge in [-0.15, -0.1) is 11.6 Å². The summed E-state index contributed by atoms with van der Waals surface area (Å²) in [5, 5.41) is 0.934. The topological polar surface area (TPSA) is 38.5 Å². The Labute approximate surface area is 139 Å². The maximum absolute atomic E-state index is 12.7. The zero-order valence-corrected chi connectivity index (χ0v) is 13.8. The van der Waals surface area contributed by atoms with E-state index >= 15 is 0 Å². The van der Waals surface area contributed by atoms with Gasteiger partial charge in [-0.3, -0.25) is 9.59 Å². The summed E-state index contributed by atoms with van der Waals surface area (Å²) in [6, 6.07) is 11.5. The smallest absolute Gasteiger partial charge is 0.165 e. The Morgan fingerprint density at radius 2 is 1.83 bits per heavy atom. The Morgan fingerprint density at radius 3 is 2.57 bits per heavy atom. The van der Waals surface area contributed by atoms with Crippen molar-refractivity contribution in [3.8, 4) is 0 Å². The van der Waals surface area contributed by atoms with Crippen LogP contribution in [0.5, 0.6) is 0 Å². The van der Waals surface area contributed by atoms with E-state index in [9.17, 15) is 9.59 Å². The first kappa shape index (κ1) is 15.8. The lowest BCUT2D eigenvalue weighted by Crippen LogP contribution is -2.00. The van der Waals surface area contributed by atoms with Crippen LogP contribution in [-0.4, -0.2) is 21.8 Å². The molecule has 23 heavy (non-hydrogen) atoms. The van der Waals surface area contributed by atoms with Gasteiger partial charge in [-0.1, -0.05) is 18.2 Å². The molecule has 4 heteroatoms. The molecular formula is C19H18ClNO2. The second-order valence-electron chi connectivity index (χ2n) is 5.69. The minimum Gasteiger partial charge on any atom is -0.315 e. The Balaban J connectivity index is 2.18. The van der Waals surface area contributed by atoms with Crippen molar-refractivity contribution >= 4 is 39.6 Å². The number of nitrogens with zero attached hydrogens (tertiary/aromatic N) is 1. The first-order valence-corrected chi connectivity index (χ1v) is 8.30. The molecule has 0 fully saturated rings. The van der Waals surface area contributed by atoms with E-state index in [0.717, 1.165) is 34.8 Å². The molecule has 0 aliphatic heterocycles. The zero-order valence-electron chi connectivity index (χ0n) is 13.0. The monoisotopic (exact) mass is 327 g/mol. The summed E-state index contributed by atoms with van der Waals surface area (Å²) in [4.78, 5) is 24.4. The van der Waals surface area contributed by atoms with E-state index in [4.69, 9.17) is 11.6 Å². The molecule has 0 saturated heterocycles. The Morgan fingerprint density at radius 1 is 1.04 bits per heavy atom. The molecule has 0 unspecified atom stereocenters. The molecule has 0 bridgehead atoms. The highest BCUT2D eigenvalue weighted by atomic mass is 35.5. The van der Waals surface area contributed by atoms with Gasteiger partial charge in [0.2, 0.25) is 0 Å². The molecule has 3 rings (SSSR count). The summed E-state index contributed by atoms with van der Waals surface area (Å²) in [5.74, 6) is 0.719. The van der Waals surface area contributed by atoms with Gasteiger partial charge in [-0.25, -0.2) is 0 Å². The third-order valence-corrected chi connectivity index (χ3v) is 4.38. The molecule has 118 valence electrons. The number of carbonyl (C=O) groups excluding carboxylic acids is 2. The SMILES string of the molecule is CC(=O)c1ccc2c(C(=O)CCCCCl)c3ccccc3n2c1. The highest BCUT2D eigenvalue weighted by Gasteiger charge is 2.18. The molecule has 0 aliphatic rings. The Hall–Kier alpha value is -2.13. The number of hydrogen-bond acceptors (Lipinski definition) is 2. The number of fused-ring (bicyclic) bond motifs is 3. The van der Waals surface area contributed by atoms with Crippen molar-refractivity contribution in [1.29, 1.82) is 0 Å². The summed E-state index contributed by atoms with van der Waals surface area (Å²) in [7, 11) is 0. The number of aromatic nitrogens is 1. The fourth-order valence-corrected chi connectivity index (χ4v) is 3.13. The third-order valence-electron chi connectivity index (χ3n) is 4.11. The predicted molar refractivity (Wildman–Crippen MR) is 93.8 cm³/mol. The lowest BCUT2D eigenvalue weighted by molar-refractivity contribution is 0.0981. The molecule has 1 aromatic carbocycles. The molecule has 0 saturated carbocycles. The van der Waals surface area contributed by atoms with E-state index in [1.54, 1.807) is 13.0 Å². The number of Topliss-reactive ketones (excluding diaryl/α,β-unsaturated/α-hetero) is 2. The van der Waals surface area contributed by atoms with Gasteiger partial charge in [0.1, 0.15) is 0 Å². The summed E-state index contributed by atoms with van der Waals surface area (Å²) in [6.07, 6.45) is 3.94. The van der Waals surface area contributed by atoms with Crippen LogP contribution in [0.1, 0.15) is 46.9 Å². The van der Waals surface area contributed by atoms with Gasteiger partial charge in [0.15, 0.2) is 11.6 Å². The van der Waals surface area contributed by atoms with Crippen molar-refractivity contribution in [1.82, 2.24) is 4.40 Å². The van der Waals surface area contributed by atoms with Crippen LogP contribution >= 0.6 is 11.6 Å². The van der Waals surface area contributed by atoms with Crippen molar-refractivity contribution < 1.29 is 9.59 Å². The molecular weight excluding hydrogens is 310 g/mol. The van der Waals surface area contributed by atoms with Crippen LogP contribution < -0.4 is 0 Å². The fourth-order valence-electron chi connectivity index (χ4n) is 2.94. The van der Waals surface area contributed by atoms with Gasteiger partial charge in [0, 0.05) is 29.4 Å². The first-order valence-electron chi connectivity index (χ1n) is 7.76. The van der Waals surface area contributed by atoms with Crippen LogP contribution in [0.15, 0.2) is 42.6 Å². The quantitative estimate of drug-likeness (QED) is 0.367. The predicted octanol–water partition coefficient (Wildman–Crippen LogP) is 4.89. The van der Waals surface area contributed by atoms with Crippen molar-refractivity contribution in [3.05, 3.63) is 53.7 Å². The third kappa shape index (κ3) is 2.89. The van der Waals surface area contributed by atoms with E-state index in [0.29, 0.717) is 17.9 Å². The van der Waals surface area contributed by atoms with Gasteiger partial charge in [0.05, 0.1) is 16.6 Å². The molecule has 0 aliphatic carbocycles. The molecule has 2 aromatic heterocycles. The molecule has 0 N–H and O–H groups in total. The summed E-state index contributed by atoms with van der Waals surface area (Å²) in [6.45, 7) is 1.55. The number of hydrogen-bond donors (Lipinski definition) is 0. The average Bonchev–Trinajstić information content (AvgIpc) is 2.88. The van der Waals surface area contributed by atoms with Crippen LogP contribution in [-0.2, 0) is 0 Å². The number of unbranched alkanes of at least 4 members (excludes halogenated alkanes) is 1. The summed E-state index contributed by atoms with van der Waals surface area (Å²) in [5.41, 5.74) is 3.18. The average molecular weight is 328 g/mol. The van der Waals surface area contributed by atoms with Crippen LogP contribution in [0.4, 0.5) is 0 Å². The van der Waals surface area contributed by atoms with Crippen molar-refractivity contribution in [2.75, 3.05) is 5.88 Å². The number of halogens is 1. The second kappa shape index (κ2) is 6.55. The molecule has 3 aromatic rings. The largest absolute Gasteiger partial charge is 0.315 e. The van der Waals surface area contributed by atoms with Gasteiger partial charge >= 0.3 is 0 Å². The van der Waals surface area contributed by atoms with Gasteiger partial charge in [-0.05, 0) is 38.0 Å². The molecule has 3 nitrogen and oxygen atoms in total. The van der Waals surface area contributed by atoms with E-state index in [2.05, 4.69) is 0 Å². The van der Waals surface area contributed by atoms with E-state index < -0.39 is 0 Å². The lowest BCUT2D eigenvalue weighted by Gasteiger charge is -2.02. The number of pyridine rings is 1. The summed E-state index contributed by atoms with van der Waals surface area (Å²) >= 11 is 5.70. The zero-order chi connectivity index (χ0) is 16.4. The van der Waals surface area contributed by atoms with Crippen molar-refractivity contribution in [2.24, 2.45) is 0 Å². The second-order valence-corrected chi connectivity index (χ2v) is 6.07. The van der Waals surface area contributed by atoms with Gasteiger partial charge in [0.25, 0.3) is 0 Å². The number of benzene rings is 1. The molecule has 0 radical (unpaired) electrons. The molecule has 0 atom stereocenters. The van der Waals surface area contributed by atoms with Crippen LogP contribution in [0.25, 0.3) is 16.4 Å². The number of carbonyl (C=O) groups is 2. The van der Waals surface area contributed by atoms with Crippen molar-refractivity contribution in [2.45, 2.75) is 26.2 Å². The number of para-hydroxylation sites is 1. The Kier molecular flexibility index (Phi) is 4.49. The van der Waals surface area contributed by atoms with E-state index in [1.807, 2.05) is 40.9 Å². The van der Waals surface area contributed by atoms with E-state index in [-0.39, 0.29) is 11.6 Å². The molecule has 2 heterocycles. The minimum absolute atomic E-state index is 0.0136. The number of rotatable bonds is 6. The molecule has 0 amide bonds. The minimum atomic E-state index is 0.0136.